The van der Waals surface area contributed by atoms with Gasteiger partial charge in [-0.15, -0.1) is 0 Å². The van der Waals surface area contributed by atoms with Crippen LogP contribution in [0.15, 0.2) is 73.1 Å². The lowest BCUT2D eigenvalue weighted by atomic mass is 10.2. The third-order valence-electron chi connectivity index (χ3n) is 7.16. The van der Waals surface area contributed by atoms with E-state index in [0.717, 1.165) is 17.1 Å². The number of nitrogens with zero attached hydrogens (tertiary/aromatic N) is 3. The topological polar surface area (TPSA) is 117 Å². The second kappa shape index (κ2) is 15.5. The number of furan rings is 1. The Morgan fingerprint density at radius 3 is 2.37 bits per heavy atom. The molecule has 0 spiro atoms. The van der Waals surface area contributed by atoms with Crippen LogP contribution < -0.4 is 19.6 Å². The van der Waals surface area contributed by atoms with Crippen molar-refractivity contribution in [1.29, 1.82) is 0 Å². The number of hydrogen-bond acceptors (Lipinski definition) is 8. The lowest BCUT2D eigenvalue weighted by Gasteiger charge is -2.27. The minimum atomic E-state index is -0.522. The van der Waals surface area contributed by atoms with Gasteiger partial charge in [0.25, 0.3) is 5.91 Å². The van der Waals surface area contributed by atoms with Gasteiger partial charge in [-0.2, -0.15) is 5.10 Å². The number of carbonyl (C=O) groups is 2. The van der Waals surface area contributed by atoms with E-state index in [1.165, 1.54) is 6.21 Å². The van der Waals surface area contributed by atoms with Crippen molar-refractivity contribution in [2.75, 3.05) is 39.5 Å². The smallest absolute Gasteiger partial charge is 0.307 e. The quantitative estimate of drug-likeness (QED) is 0.135. The molecule has 0 unspecified atom stereocenters. The van der Waals surface area contributed by atoms with E-state index in [9.17, 15) is 9.59 Å². The van der Waals surface area contributed by atoms with Gasteiger partial charge in [-0.3, -0.25) is 9.59 Å². The van der Waals surface area contributed by atoms with Crippen molar-refractivity contribution >= 4 is 49.9 Å². The summed E-state index contributed by atoms with van der Waals surface area (Å²) in [5.74, 6) is 1.40. The average Bonchev–Trinajstić information content (AvgIpc) is 3.68. The Morgan fingerprint density at radius 2 is 1.67 bits per heavy atom. The van der Waals surface area contributed by atoms with Gasteiger partial charge in [-0.05, 0) is 107 Å². The number of nitrogens with one attached hydrogen (secondary N) is 1. The molecule has 5 rings (SSSR count). The molecule has 1 aliphatic rings. The van der Waals surface area contributed by atoms with Crippen molar-refractivity contribution in [3.8, 4) is 22.9 Å². The Morgan fingerprint density at radius 1 is 0.957 bits per heavy atom. The van der Waals surface area contributed by atoms with Crippen LogP contribution in [0.1, 0.15) is 40.2 Å². The zero-order valence-electron chi connectivity index (χ0n) is 25.7. The molecule has 0 aliphatic carbocycles. The third kappa shape index (κ3) is 8.01. The van der Waals surface area contributed by atoms with E-state index in [2.05, 4.69) is 72.9 Å². The molecule has 242 valence electrons. The largest absolute Gasteiger partial charge is 0.490 e. The van der Waals surface area contributed by atoms with E-state index < -0.39 is 5.91 Å². The second-order valence-electron chi connectivity index (χ2n) is 10.3. The van der Waals surface area contributed by atoms with Crippen molar-refractivity contribution in [2.24, 2.45) is 5.10 Å². The van der Waals surface area contributed by atoms with Gasteiger partial charge < -0.3 is 32.8 Å². The second-order valence-corrected chi connectivity index (χ2v) is 11.9. The van der Waals surface area contributed by atoms with Crippen LogP contribution in [0.25, 0.3) is 5.69 Å². The van der Waals surface area contributed by atoms with Crippen LogP contribution in [-0.4, -0.2) is 67.0 Å². The van der Waals surface area contributed by atoms with Crippen LogP contribution in [0.3, 0.4) is 0 Å². The van der Waals surface area contributed by atoms with Gasteiger partial charge in [0.05, 0.1) is 30.5 Å². The average molecular weight is 758 g/mol. The van der Waals surface area contributed by atoms with E-state index >= 15 is 0 Å². The first-order valence-electron chi connectivity index (χ1n) is 14.7. The lowest BCUT2D eigenvalue weighted by Crippen LogP contribution is -2.43. The van der Waals surface area contributed by atoms with Crippen LogP contribution in [0, 0.1) is 13.8 Å². The van der Waals surface area contributed by atoms with E-state index in [1.807, 2.05) is 31.2 Å². The highest BCUT2D eigenvalue weighted by Crippen LogP contribution is 2.42. The maximum atomic E-state index is 12.7. The minimum Gasteiger partial charge on any atom is -0.490 e. The highest BCUT2D eigenvalue weighted by Gasteiger charge is 2.21. The number of halogens is 2. The number of benzene rings is 2. The van der Waals surface area contributed by atoms with Gasteiger partial charge in [0.15, 0.2) is 23.9 Å². The van der Waals surface area contributed by atoms with E-state index in [0.29, 0.717) is 70.4 Å². The van der Waals surface area contributed by atoms with E-state index in [-0.39, 0.29) is 24.9 Å². The Hall–Kier alpha value is -4.07. The summed E-state index contributed by atoms with van der Waals surface area (Å²) >= 11 is 7.07. The lowest BCUT2D eigenvalue weighted by molar-refractivity contribution is -0.137. The fraction of sp³-hybridized carbons (Fsp3) is 0.303. The zero-order valence-corrected chi connectivity index (χ0v) is 28.9. The van der Waals surface area contributed by atoms with E-state index in [4.69, 9.17) is 23.4 Å². The minimum absolute atomic E-state index is 0.0913. The molecule has 1 fully saturated rings. The molecule has 0 saturated carbocycles. The Bertz CT molecular complexity index is 1690. The molecule has 2 aromatic heterocycles. The summed E-state index contributed by atoms with van der Waals surface area (Å²) in [7, 11) is 0. The zero-order chi connectivity index (χ0) is 32.6. The molecular formula is C33H34Br2N4O7. The summed E-state index contributed by atoms with van der Waals surface area (Å²) in [6.07, 6.45) is 1.46. The maximum absolute atomic E-state index is 12.7. The number of amides is 2. The van der Waals surface area contributed by atoms with Crippen molar-refractivity contribution in [2.45, 2.75) is 27.4 Å². The van der Waals surface area contributed by atoms with Gasteiger partial charge >= 0.3 is 5.91 Å². The standard InChI is InChI=1S/C33H34Br2N4O7/c1-4-43-28-17-23(30(34)31(35)32(28)45-20-29(40)38-13-15-42-16-14-38)18-36-37-33(41)27-12-11-26(46-27)19-44-25-9-7-24(8-10-25)39-21(2)5-6-22(39)3/h5-12,17-18H,4,13-16,19-20H2,1-3H3,(H,37,41)/b36-18+. The van der Waals surface area contributed by atoms with Gasteiger partial charge in [0, 0.05) is 40.2 Å². The normalized spacial score (nSPS) is 13.2. The summed E-state index contributed by atoms with van der Waals surface area (Å²) in [6, 6.07) is 16.9. The van der Waals surface area contributed by atoms with Gasteiger partial charge in [-0.1, -0.05) is 0 Å². The van der Waals surface area contributed by atoms with Crippen molar-refractivity contribution < 1.29 is 33.0 Å². The van der Waals surface area contributed by atoms with Crippen LogP contribution in [0.5, 0.6) is 17.2 Å². The first kappa shape index (κ1) is 33.3. The molecule has 13 heteroatoms. The first-order valence-corrected chi connectivity index (χ1v) is 16.3. The summed E-state index contributed by atoms with van der Waals surface area (Å²) < 4.78 is 31.8. The summed E-state index contributed by atoms with van der Waals surface area (Å²) in [4.78, 5) is 27.0. The number of hydrogen-bond donors (Lipinski definition) is 1. The molecule has 3 heterocycles. The molecule has 46 heavy (non-hydrogen) atoms. The predicted molar refractivity (Wildman–Crippen MR) is 179 cm³/mol. The van der Waals surface area contributed by atoms with E-state index in [1.54, 1.807) is 23.1 Å². The molecule has 1 N–H and O–H groups in total. The summed E-state index contributed by atoms with van der Waals surface area (Å²) in [5.41, 5.74) is 6.45. The van der Waals surface area contributed by atoms with Crippen molar-refractivity contribution in [1.82, 2.24) is 14.9 Å². The SMILES string of the molecule is CCOc1cc(/C=N/NC(=O)c2ccc(COc3ccc(-n4c(C)ccc4C)cc3)o2)c(Br)c(Br)c1OCC(=O)N1CCOCC1. The summed E-state index contributed by atoms with van der Waals surface area (Å²) in [5, 5.41) is 4.09. The van der Waals surface area contributed by atoms with Crippen molar-refractivity contribution in [3.63, 3.8) is 0 Å². The van der Waals surface area contributed by atoms with Crippen LogP contribution in [0.2, 0.25) is 0 Å². The number of ether oxygens (including phenoxy) is 4. The van der Waals surface area contributed by atoms with Crippen LogP contribution in [-0.2, 0) is 16.1 Å². The fourth-order valence-corrected chi connectivity index (χ4v) is 5.78. The molecule has 1 saturated heterocycles. The van der Waals surface area contributed by atoms with Crippen LogP contribution >= 0.6 is 31.9 Å². The fourth-order valence-electron chi connectivity index (χ4n) is 4.85. The molecule has 11 nitrogen and oxygen atoms in total. The molecule has 0 radical (unpaired) electrons. The predicted octanol–water partition coefficient (Wildman–Crippen LogP) is 6.19. The number of aryl methyl sites for hydroxylation is 2. The van der Waals surface area contributed by atoms with Gasteiger partial charge in [-0.25, -0.2) is 5.43 Å². The molecule has 1 aliphatic heterocycles. The van der Waals surface area contributed by atoms with Crippen molar-refractivity contribution in [3.05, 3.63) is 92.0 Å². The number of carbonyl (C=O) groups excluding carboxylic acids is 2. The van der Waals surface area contributed by atoms with Crippen LogP contribution in [0.4, 0.5) is 0 Å². The number of aromatic nitrogens is 1. The molecule has 0 atom stereocenters. The Labute approximate surface area is 283 Å². The molecule has 0 bridgehead atoms. The molecular weight excluding hydrogens is 724 g/mol. The molecule has 2 aromatic carbocycles. The highest BCUT2D eigenvalue weighted by molar-refractivity contribution is 9.13. The molecule has 4 aromatic rings. The summed E-state index contributed by atoms with van der Waals surface area (Å²) in [6.45, 7) is 8.44. The first-order chi connectivity index (χ1) is 22.2. The Kier molecular flexibility index (Phi) is 11.2. The Balaban J connectivity index is 1.17. The number of rotatable bonds is 12. The third-order valence-corrected chi connectivity index (χ3v) is 9.30. The monoisotopic (exact) mass is 756 g/mol. The highest BCUT2D eigenvalue weighted by atomic mass is 79.9. The molecule has 2 amide bonds. The van der Waals surface area contributed by atoms with Gasteiger partial charge in [0.2, 0.25) is 0 Å². The maximum Gasteiger partial charge on any atom is 0.307 e. The van der Waals surface area contributed by atoms with Gasteiger partial charge in [0.1, 0.15) is 18.1 Å². The number of hydrazone groups is 1. The number of morpholine rings is 1.